The van der Waals surface area contributed by atoms with Crippen LogP contribution in [0.4, 0.5) is 0 Å². The summed E-state index contributed by atoms with van der Waals surface area (Å²) in [7, 11) is 1.53. The molecular formula is C11H14N2O5S. The number of hydrogen-bond acceptors (Lipinski definition) is 6. The van der Waals surface area contributed by atoms with Crippen molar-refractivity contribution in [1.82, 2.24) is 9.88 Å². The molecular weight excluding hydrogens is 272 g/mol. The molecule has 1 amide bonds. The standard InChI is InChI=1S/C11H14N2O5S/c1-17-3-2-13-8(14)5-18-10(11(15)16)9(13)7-4-12-6-19-7/h4,6,9-10H,2-3,5H2,1H3,(H,15,16). The smallest absolute Gasteiger partial charge is 0.335 e. The van der Waals surface area contributed by atoms with Crippen LogP contribution >= 0.6 is 11.3 Å². The van der Waals surface area contributed by atoms with Gasteiger partial charge in [0, 0.05) is 19.9 Å². The van der Waals surface area contributed by atoms with E-state index in [4.69, 9.17) is 9.47 Å². The van der Waals surface area contributed by atoms with E-state index in [1.165, 1.54) is 23.3 Å². The average Bonchev–Trinajstić information content (AvgIpc) is 2.90. The third kappa shape index (κ3) is 2.91. The second-order valence-electron chi connectivity index (χ2n) is 4.00. The Morgan fingerprint density at radius 3 is 3.11 bits per heavy atom. The van der Waals surface area contributed by atoms with E-state index < -0.39 is 18.1 Å². The molecule has 2 rings (SSSR count). The third-order valence-electron chi connectivity index (χ3n) is 2.85. The van der Waals surface area contributed by atoms with E-state index in [2.05, 4.69) is 4.98 Å². The normalized spacial score (nSPS) is 23.6. The van der Waals surface area contributed by atoms with Gasteiger partial charge in [-0.15, -0.1) is 11.3 Å². The zero-order valence-electron chi connectivity index (χ0n) is 10.3. The van der Waals surface area contributed by atoms with Crippen LogP contribution in [0.5, 0.6) is 0 Å². The van der Waals surface area contributed by atoms with Crippen LogP contribution in [0.1, 0.15) is 10.9 Å². The summed E-state index contributed by atoms with van der Waals surface area (Å²) in [5, 5.41) is 9.23. The van der Waals surface area contributed by atoms with Crippen LogP contribution in [0.2, 0.25) is 0 Å². The Morgan fingerprint density at radius 1 is 1.74 bits per heavy atom. The second kappa shape index (κ2) is 6.09. The lowest BCUT2D eigenvalue weighted by Gasteiger charge is -2.38. The molecule has 0 saturated carbocycles. The molecule has 2 unspecified atom stereocenters. The number of morpholine rings is 1. The first-order valence-electron chi connectivity index (χ1n) is 5.66. The predicted octanol–water partition coefficient (Wildman–Crippen LogP) is 0.143. The number of methoxy groups -OCH3 is 1. The van der Waals surface area contributed by atoms with Gasteiger partial charge in [0.25, 0.3) is 0 Å². The number of nitrogens with zero attached hydrogens (tertiary/aromatic N) is 2. The van der Waals surface area contributed by atoms with Gasteiger partial charge in [-0.3, -0.25) is 9.78 Å². The first-order chi connectivity index (χ1) is 9.15. The number of carboxylic acid groups (broad SMARTS) is 1. The predicted molar refractivity (Wildman–Crippen MR) is 65.8 cm³/mol. The number of carbonyl (C=O) groups excluding carboxylic acids is 1. The topological polar surface area (TPSA) is 89.0 Å². The molecule has 0 radical (unpaired) electrons. The molecule has 1 aliphatic rings. The zero-order chi connectivity index (χ0) is 13.8. The molecule has 2 heterocycles. The van der Waals surface area contributed by atoms with Gasteiger partial charge in [-0.05, 0) is 0 Å². The first-order valence-corrected chi connectivity index (χ1v) is 6.54. The highest BCUT2D eigenvalue weighted by Crippen LogP contribution is 2.32. The Kier molecular flexibility index (Phi) is 4.46. The lowest BCUT2D eigenvalue weighted by molar-refractivity contribution is -0.173. The lowest BCUT2D eigenvalue weighted by Crippen LogP contribution is -2.52. The number of aromatic nitrogens is 1. The van der Waals surface area contributed by atoms with Gasteiger partial charge in [-0.25, -0.2) is 4.79 Å². The van der Waals surface area contributed by atoms with E-state index >= 15 is 0 Å². The number of carbonyl (C=O) groups is 2. The number of ether oxygens (including phenoxy) is 2. The Balaban J connectivity index is 2.29. The molecule has 19 heavy (non-hydrogen) atoms. The number of rotatable bonds is 5. The van der Waals surface area contributed by atoms with Crippen LogP contribution in [0.25, 0.3) is 0 Å². The number of carboxylic acids is 1. The quantitative estimate of drug-likeness (QED) is 0.828. The highest BCUT2D eigenvalue weighted by molar-refractivity contribution is 7.09. The van der Waals surface area contributed by atoms with Crippen molar-refractivity contribution in [3.05, 3.63) is 16.6 Å². The van der Waals surface area contributed by atoms with E-state index in [9.17, 15) is 14.7 Å². The number of amides is 1. The van der Waals surface area contributed by atoms with Crippen molar-refractivity contribution in [2.75, 3.05) is 26.9 Å². The van der Waals surface area contributed by atoms with Crippen molar-refractivity contribution in [3.8, 4) is 0 Å². The molecule has 0 aliphatic carbocycles. The molecule has 1 N–H and O–H groups in total. The summed E-state index contributed by atoms with van der Waals surface area (Å²) < 4.78 is 10.1. The number of hydrogen-bond donors (Lipinski definition) is 1. The summed E-state index contributed by atoms with van der Waals surface area (Å²) in [6.07, 6.45) is 0.488. The molecule has 1 aromatic heterocycles. The van der Waals surface area contributed by atoms with Gasteiger partial charge in [0.15, 0.2) is 6.10 Å². The van der Waals surface area contributed by atoms with E-state index in [1.54, 1.807) is 11.7 Å². The average molecular weight is 286 g/mol. The summed E-state index contributed by atoms with van der Waals surface area (Å²) in [5.74, 6) is -1.33. The molecule has 8 heteroatoms. The van der Waals surface area contributed by atoms with Crippen molar-refractivity contribution < 1.29 is 24.2 Å². The fourth-order valence-electron chi connectivity index (χ4n) is 1.99. The van der Waals surface area contributed by atoms with Gasteiger partial charge >= 0.3 is 5.97 Å². The summed E-state index contributed by atoms with van der Waals surface area (Å²) in [6, 6.07) is -0.651. The zero-order valence-corrected chi connectivity index (χ0v) is 11.1. The minimum absolute atomic E-state index is 0.226. The van der Waals surface area contributed by atoms with E-state index in [0.29, 0.717) is 18.0 Å². The lowest BCUT2D eigenvalue weighted by atomic mass is 10.1. The van der Waals surface area contributed by atoms with Crippen molar-refractivity contribution in [2.45, 2.75) is 12.1 Å². The Bertz CT molecular complexity index is 450. The Morgan fingerprint density at radius 2 is 2.53 bits per heavy atom. The van der Waals surface area contributed by atoms with Crippen LogP contribution in [0, 0.1) is 0 Å². The van der Waals surface area contributed by atoms with Gasteiger partial charge in [0.1, 0.15) is 12.6 Å². The Labute approximate surface area is 113 Å². The number of aliphatic carboxylic acids is 1. The maximum absolute atomic E-state index is 11.9. The molecule has 0 spiro atoms. The first kappa shape index (κ1) is 13.9. The largest absolute Gasteiger partial charge is 0.479 e. The molecule has 104 valence electrons. The fourth-order valence-corrected chi connectivity index (χ4v) is 2.74. The highest BCUT2D eigenvalue weighted by Gasteiger charge is 2.42. The molecule has 1 aliphatic heterocycles. The van der Waals surface area contributed by atoms with E-state index in [1.807, 2.05) is 0 Å². The third-order valence-corrected chi connectivity index (χ3v) is 3.70. The van der Waals surface area contributed by atoms with Crippen LogP contribution < -0.4 is 0 Å². The molecule has 1 aromatic rings. The van der Waals surface area contributed by atoms with E-state index in [0.717, 1.165) is 0 Å². The van der Waals surface area contributed by atoms with Crippen LogP contribution in [0.15, 0.2) is 11.7 Å². The summed E-state index contributed by atoms with van der Waals surface area (Å²) in [4.78, 5) is 29.3. The SMILES string of the molecule is COCCN1C(=O)COC(C(=O)O)C1c1cncs1. The monoisotopic (exact) mass is 286 g/mol. The van der Waals surface area contributed by atoms with Gasteiger partial charge in [-0.2, -0.15) is 0 Å². The van der Waals surface area contributed by atoms with Gasteiger partial charge in [0.05, 0.1) is 17.0 Å². The summed E-state index contributed by atoms with van der Waals surface area (Å²) >= 11 is 1.30. The highest BCUT2D eigenvalue weighted by atomic mass is 32.1. The second-order valence-corrected chi connectivity index (χ2v) is 4.92. The maximum atomic E-state index is 11.9. The van der Waals surface area contributed by atoms with Crippen LogP contribution in [-0.2, 0) is 19.1 Å². The van der Waals surface area contributed by atoms with Crippen LogP contribution in [-0.4, -0.2) is 59.8 Å². The van der Waals surface area contributed by atoms with E-state index in [-0.39, 0.29) is 12.5 Å². The fraction of sp³-hybridized carbons (Fsp3) is 0.545. The minimum Gasteiger partial charge on any atom is -0.479 e. The summed E-state index contributed by atoms with van der Waals surface area (Å²) in [6.45, 7) is 0.439. The molecule has 2 atom stereocenters. The van der Waals surface area contributed by atoms with Crippen molar-refractivity contribution in [3.63, 3.8) is 0 Å². The number of thiazole rings is 1. The molecule has 7 nitrogen and oxygen atoms in total. The van der Waals surface area contributed by atoms with Gasteiger partial charge < -0.3 is 19.5 Å². The minimum atomic E-state index is -1.09. The van der Waals surface area contributed by atoms with Crippen LogP contribution in [0.3, 0.4) is 0 Å². The van der Waals surface area contributed by atoms with Crippen molar-refractivity contribution in [2.24, 2.45) is 0 Å². The van der Waals surface area contributed by atoms with Crippen molar-refractivity contribution in [1.29, 1.82) is 0 Å². The molecule has 1 saturated heterocycles. The summed E-state index contributed by atoms with van der Waals surface area (Å²) in [5.41, 5.74) is 1.60. The van der Waals surface area contributed by atoms with Gasteiger partial charge in [0.2, 0.25) is 5.91 Å². The van der Waals surface area contributed by atoms with Crippen molar-refractivity contribution >= 4 is 23.2 Å². The Hall–Kier alpha value is -1.51. The maximum Gasteiger partial charge on any atom is 0.335 e. The van der Waals surface area contributed by atoms with Gasteiger partial charge in [-0.1, -0.05) is 0 Å². The molecule has 0 aromatic carbocycles. The molecule has 1 fully saturated rings. The molecule has 0 bridgehead atoms.